The second-order valence-corrected chi connectivity index (χ2v) is 7.14. The Kier molecular flexibility index (Phi) is 4.92. The highest BCUT2D eigenvalue weighted by atomic mass is 79.9. The third kappa shape index (κ3) is 3.10. The van der Waals surface area contributed by atoms with Crippen LogP contribution in [0.25, 0.3) is 0 Å². The molecule has 1 saturated heterocycles. The number of hydrogen-bond acceptors (Lipinski definition) is 4. The Morgan fingerprint density at radius 3 is 2.57 bits per heavy atom. The van der Waals surface area contributed by atoms with E-state index in [0.29, 0.717) is 17.1 Å². The summed E-state index contributed by atoms with van der Waals surface area (Å²) in [6.45, 7) is 0.780. The van der Waals surface area contributed by atoms with E-state index in [1.54, 1.807) is 37.7 Å². The summed E-state index contributed by atoms with van der Waals surface area (Å²) in [4.78, 5) is 16.2. The SMILES string of the molecule is COc1cc(C(=O)N2CCCC2c2cccs2)cc(OC)c1Br. The Hall–Kier alpha value is -1.53. The molecule has 2 heterocycles. The molecule has 1 unspecified atom stereocenters. The van der Waals surface area contributed by atoms with Crippen LogP contribution in [0, 0.1) is 0 Å². The van der Waals surface area contributed by atoms with Gasteiger partial charge in [0, 0.05) is 17.0 Å². The minimum absolute atomic E-state index is 0.0185. The Morgan fingerprint density at radius 2 is 2.00 bits per heavy atom. The van der Waals surface area contributed by atoms with Crippen LogP contribution in [-0.4, -0.2) is 31.6 Å². The van der Waals surface area contributed by atoms with Gasteiger partial charge < -0.3 is 14.4 Å². The molecule has 1 aliphatic heterocycles. The summed E-state index contributed by atoms with van der Waals surface area (Å²) in [6, 6.07) is 7.83. The van der Waals surface area contributed by atoms with Crippen LogP contribution < -0.4 is 9.47 Å². The summed E-state index contributed by atoms with van der Waals surface area (Å²) >= 11 is 5.14. The number of methoxy groups -OCH3 is 2. The van der Waals surface area contributed by atoms with Crippen LogP contribution in [0.2, 0.25) is 0 Å². The van der Waals surface area contributed by atoms with E-state index in [1.807, 2.05) is 11.0 Å². The standard InChI is InChI=1S/C17H18BrNO3S/c1-21-13-9-11(10-14(22-2)16(13)18)17(20)19-7-3-5-12(19)15-6-4-8-23-15/h4,6,8-10,12H,3,5,7H2,1-2H3. The quantitative estimate of drug-likeness (QED) is 0.764. The van der Waals surface area contributed by atoms with Gasteiger partial charge in [0.2, 0.25) is 0 Å². The third-order valence-electron chi connectivity index (χ3n) is 4.08. The molecule has 1 fully saturated rings. The molecule has 1 aromatic heterocycles. The molecular weight excluding hydrogens is 378 g/mol. The van der Waals surface area contributed by atoms with Gasteiger partial charge in [0.25, 0.3) is 5.91 Å². The highest BCUT2D eigenvalue weighted by Gasteiger charge is 2.31. The van der Waals surface area contributed by atoms with Crippen LogP contribution in [0.5, 0.6) is 11.5 Å². The number of hydrogen-bond donors (Lipinski definition) is 0. The van der Waals surface area contributed by atoms with E-state index in [2.05, 4.69) is 27.4 Å². The Balaban J connectivity index is 1.93. The lowest BCUT2D eigenvalue weighted by atomic mass is 10.1. The van der Waals surface area contributed by atoms with E-state index in [4.69, 9.17) is 9.47 Å². The van der Waals surface area contributed by atoms with Gasteiger partial charge in [-0.05, 0) is 52.4 Å². The molecule has 1 atom stereocenters. The topological polar surface area (TPSA) is 38.8 Å². The van der Waals surface area contributed by atoms with Crippen molar-refractivity contribution in [2.24, 2.45) is 0 Å². The summed E-state index contributed by atoms with van der Waals surface area (Å²) in [6.07, 6.45) is 2.04. The van der Waals surface area contributed by atoms with Crippen molar-refractivity contribution in [3.63, 3.8) is 0 Å². The van der Waals surface area contributed by atoms with Crippen molar-refractivity contribution in [3.8, 4) is 11.5 Å². The molecular formula is C17H18BrNO3S. The number of ether oxygens (including phenoxy) is 2. The Morgan fingerprint density at radius 1 is 1.30 bits per heavy atom. The molecule has 0 radical (unpaired) electrons. The van der Waals surface area contributed by atoms with Crippen molar-refractivity contribution in [2.45, 2.75) is 18.9 Å². The lowest BCUT2D eigenvalue weighted by Gasteiger charge is -2.24. The zero-order chi connectivity index (χ0) is 16.4. The average molecular weight is 396 g/mol. The first-order chi connectivity index (χ1) is 11.2. The smallest absolute Gasteiger partial charge is 0.254 e. The molecule has 1 aromatic carbocycles. The van der Waals surface area contributed by atoms with Gasteiger partial charge >= 0.3 is 0 Å². The van der Waals surface area contributed by atoms with Crippen molar-refractivity contribution in [2.75, 3.05) is 20.8 Å². The van der Waals surface area contributed by atoms with Crippen molar-refractivity contribution in [1.82, 2.24) is 4.90 Å². The lowest BCUT2D eigenvalue weighted by molar-refractivity contribution is 0.0737. The van der Waals surface area contributed by atoms with Gasteiger partial charge in [0.15, 0.2) is 0 Å². The van der Waals surface area contributed by atoms with E-state index in [1.165, 1.54) is 4.88 Å². The number of amides is 1. The number of likely N-dealkylation sites (tertiary alicyclic amines) is 1. The first-order valence-electron chi connectivity index (χ1n) is 7.41. The van der Waals surface area contributed by atoms with Crippen LogP contribution >= 0.6 is 27.3 Å². The molecule has 2 aromatic rings. The number of benzene rings is 1. The second kappa shape index (κ2) is 6.93. The number of carbonyl (C=O) groups is 1. The summed E-state index contributed by atoms with van der Waals surface area (Å²) in [5, 5.41) is 2.06. The molecule has 1 aliphatic rings. The third-order valence-corrected chi connectivity index (χ3v) is 5.83. The molecule has 0 bridgehead atoms. The van der Waals surface area contributed by atoms with Gasteiger partial charge in [-0.2, -0.15) is 0 Å². The van der Waals surface area contributed by atoms with Gasteiger partial charge in [0.1, 0.15) is 16.0 Å². The molecule has 0 N–H and O–H groups in total. The maximum absolute atomic E-state index is 13.0. The number of thiophene rings is 1. The van der Waals surface area contributed by atoms with Gasteiger partial charge in [-0.3, -0.25) is 4.79 Å². The van der Waals surface area contributed by atoms with E-state index >= 15 is 0 Å². The van der Waals surface area contributed by atoms with Crippen LogP contribution in [-0.2, 0) is 0 Å². The van der Waals surface area contributed by atoms with E-state index in [0.717, 1.165) is 23.9 Å². The first-order valence-corrected chi connectivity index (χ1v) is 9.09. The van der Waals surface area contributed by atoms with E-state index in [9.17, 15) is 4.79 Å². The predicted molar refractivity (Wildman–Crippen MR) is 94.6 cm³/mol. The highest BCUT2D eigenvalue weighted by Crippen LogP contribution is 2.39. The van der Waals surface area contributed by atoms with Crippen molar-refractivity contribution in [1.29, 1.82) is 0 Å². The molecule has 0 aliphatic carbocycles. The van der Waals surface area contributed by atoms with Crippen LogP contribution in [0.15, 0.2) is 34.1 Å². The summed E-state index contributed by atoms with van der Waals surface area (Å²) < 4.78 is 11.4. The summed E-state index contributed by atoms with van der Waals surface area (Å²) in [5.41, 5.74) is 0.588. The normalized spacial score (nSPS) is 17.3. The monoisotopic (exact) mass is 395 g/mol. The minimum Gasteiger partial charge on any atom is -0.495 e. The highest BCUT2D eigenvalue weighted by molar-refractivity contribution is 9.10. The molecule has 0 saturated carbocycles. The molecule has 3 rings (SSSR count). The van der Waals surface area contributed by atoms with Crippen molar-refractivity contribution >= 4 is 33.2 Å². The summed E-state index contributed by atoms with van der Waals surface area (Å²) in [5.74, 6) is 1.21. The molecule has 4 nitrogen and oxygen atoms in total. The fraction of sp³-hybridized carbons (Fsp3) is 0.353. The number of nitrogens with zero attached hydrogens (tertiary/aromatic N) is 1. The van der Waals surface area contributed by atoms with E-state index < -0.39 is 0 Å². The maximum Gasteiger partial charge on any atom is 0.254 e. The zero-order valence-electron chi connectivity index (χ0n) is 13.0. The molecule has 1 amide bonds. The molecule has 0 spiro atoms. The Labute approximate surface area is 148 Å². The average Bonchev–Trinajstić information content (AvgIpc) is 3.25. The molecule has 23 heavy (non-hydrogen) atoms. The molecule has 122 valence electrons. The predicted octanol–water partition coefficient (Wildman–Crippen LogP) is 4.51. The van der Waals surface area contributed by atoms with Gasteiger partial charge in [0.05, 0.1) is 20.3 Å². The first kappa shape index (κ1) is 16.3. The number of halogens is 1. The van der Waals surface area contributed by atoms with Gasteiger partial charge in [-0.15, -0.1) is 11.3 Å². The largest absolute Gasteiger partial charge is 0.495 e. The number of rotatable bonds is 4. The van der Waals surface area contributed by atoms with Gasteiger partial charge in [-0.25, -0.2) is 0 Å². The van der Waals surface area contributed by atoms with E-state index in [-0.39, 0.29) is 11.9 Å². The summed E-state index contributed by atoms with van der Waals surface area (Å²) in [7, 11) is 3.16. The van der Waals surface area contributed by atoms with Crippen LogP contribution in [0.3, 0.4) is 0 Å². The van der Waals surface area contributed by atoms with Crippen LogP contribution in [0.4, 0.5) is 0 Å². The Bertz CT molecular complexity index is 677. The lowest BCUT2D eigenvalue weighted by Crippen LogP contribution is -2.30. The number of carbonyl (C=O) groups excluding carboxylic acids is 1. The fourth-order valence-electron chi connectivity index (χ4n) is 2.95. The van der Waals surface area contributed by atoms with Crippen molar-refractivity contribution < 1.29 is 14.3 Å². The fourth-order valence-corrected chi connectivity index (χ4v) is 4.37. The zero-order valence-corrected chi connectivity index (χ0v) is 15.4. The molecule has 6 heteroatoms. The van der Waals surface area contributed by atoms with Crippen LogP contribution in [0.1, 0.15) is 34.1 Å². The maximum atomic E-state index is 13.0. The second-order valence-electron chi connectivity index (χ2n) is 5.37. The minimum atomic E-state index is 0.0185. The van der Waals surface area contributed by atoms with Crippen molar-refractivity contribution in [3.05, 3.63) is 44.6 Å². The van der Waals surface area contributed by atoms with Gasteiger partial charge in [-0.1, -0.05) is 6.07 Å².